The molecule has 7 heteroatoms. The van der Waals surface area contributed by atoms with Gasteiger partial charge in [-0.3, -0.25) is 19.6 Å². The highest BCUT2D eigenvalue weighted by Crippen LogP contribution is 2.28. The fraction of sp³-hybridized carbons (Fsp3) is 0.273. The van der Waals surface area contributed by atoms with Crippen LogP contribution in [0.5, 0.6) is 0 Å². The molecule has 1 amide bonds. The van der Waals surface area contributed by atoms with Gasteiger partial charge in [0.05, 0.1) is 4.92 Å². The molecule has 0 fully saturated rings. The van der Waals surface area contributed by atoms with Crippen molar-refractivity contribution in [1.82, 2.24) is 15.1 Å². The molecule has 0 saturated carbocycles. The van der Waals surface area contributed by atoms with Gasteiger partial charge in [-0.2, -0.15) is 5.10 Å². The number of carbonyl (C=O) groups is 1. The van der Waals surface area contributed by atoms with E-state index >= 15 is 0 Å². The summed E-state index contributed by atoms with van der Waals surface area (Å²) in [6.07, 6.45) is 0. The molecule has 7 nitrogen and oxygen atoms in total. The molecule has 0 aliphatic carbocycles. The molecule has 29 heavy (non-hydrogen) atoms. The Bertz CT molecular complexity index is 960. The monoisotopic (exact) mass is 392 g/mol. The summed E-state index contributed by atoms with van der Waals surface area (Å²) >= 11 is 0. The first kappa shape index (κ1) is 20.3. The standard InChI is InChI=1S/C22H24N4O3/c1-15(21(18-10-6-4-7-11-18)19-12-8-5-9-13-19)23-20(27)14-25-17(3)22(26(28)29)16(2)24-25/h4-13,15,21H,14H2,1-3H3,(H,23,27). The number of aromatic nitrogens is 2. The van der Waals surface area contributed by atoms with Gasteiger partial charge in [-0.25, -0.2) is 0 Å². The minimum Gasteiger partial charge on any atom is -0.351 e. The molecule has 2 aromatic carbocycles. The maximum absolute atomic E-state index is 12.7. The molecular formula is C22H24N4O3. The molecule has 1 unspecified atom stereocenters. The van der Waals surface area contributed by atoms with Crippen LogP contribution in [0.1, 0.15) is 35.4 Å². The van der Waals surface area contributed by atoms with Gasteiger partial charge in [-0.05, 0) is 31.9 Å². The Hall–Kier alpha value is -3.48. The van der Waals surface area contributed by atoms with E-state index < -0.39 is 4.92 Å². The number of benzene rings is 2. The van der Waals surface area contributed by atoms with Gasteiger partial charge in [0.2, 0.25) is 5.91 Å². The highest BCUT2D eigenvalue weighted by molar-refractivity contribution is 5.76. The molecule has 3 aromatic rings. The van der Waals surface area contributed by atoms with Crippen molar-refractivity contribution >= 4 is 11.6 Å². The second-order valence-corrected chi connectivity index (χ2v) is 7.09. The van der Waals surface area contributed by atoms with E-state index in [-0.39, 0.29) is 30.1 Å². The molecule has 0 saturated heterocycles. The van der Waals surface area contributed by atoms with Crippen molar-refractivity contribution in [2.24, 2.45) is 0 Å². The number of hydrogen-bond donors (Lipinski definition) is 1. The molecule has 0 aliphatic heterocycles. The molecule has 1 atom stereocenters. The average molecular weight is 392 g/mol. The fourth-order valence-corrected chi connectivity index (χ4v) is 3.72. The molecule has 1 heterocycles. The van der Waals surface area contributed by atoms with Crippen LogP contribution in [0.2, 0.25) is 0 Å². The van der Waals surface area contributed by atoms with Gasteiger partial charge in [0.25, 0.3) is 0 Å². The van der Waals surface area contributed by atoms with Gasteiger partial charge < -0.3 is 5.32 Å². The van der Waals surface area contributed by atoms with Crippen molar-refractivity contribution in [1.29, 1.82) is 0 Å². The normalized spacial score (nSPS) is 12.0. The number of carbonyl (C=O) groups excluding carboxylic acids is 1. The molecule has 0 aliphatic rings. The van der Waals surface area contributed by atoms with Crippen LogP contribution in [0.15, 0.2) is 60.7 Å². The predicted molar refractivity (Wildman–Crippen MR) is 111 cm³/mol. The van der Waals surface area contributed by atoms with E-state index in [1.54, 1.807) is 13.8 Å². The summed E-state index contributed by atoms with van der Waals surface area (Å²) in [4.78, 5) is 23.4. The fourth-order valence-electron chi connectivity index (χ4n) is 3.72. The minimum atomic E-state index is -0.463. The lowest BCUT2D eigenvalue weighted by atomic mass is 9.86. The molecule has 0 bridgehead atoms. The molecular weight excluding hydrogens is 368 g/mol. The zero-order chi connectivity index (χ0) is 21.0. The van der Waals surface area contributed by atoms with E-state index in [0.717, 1.165) is 11.1 Å². The number of amides is 1. The summed E-state index contributed by atoms with van der Waals surface area (Å²) in [6, 6.07) is 19.9. The second-order valence-electron chi connectivity index (χ2n) is 7.09. The van der Waals surface area contributed by atoms with Crippen molar-refractivity contribution in [2.45, 2.75) is 39.3 Å². The van der Waals surface area contributed by atoms with E-state index in [4.69, 9.17) is 0 Å². The lowest BCUT2D eigenvalue weighted by Crippen LogP contribution is -2.39. The Balaban J connectivity index is 1.80. The SMILES string of the molecule is Cc1nn(CC(=O)NC(C)C(c2ccccc2)c2ccccc2)c(C)c1[N+](=O)[O-]. The van der Waals surface area contributed by atoms with Gasteiger partial charge in [0.15, 0.2) is 0 Å². The van der Waals surface area contributed by atoms with E-state index in [1.807, 2.05) is 67.6 Å². The molecule has 3 rings (SSSR count). The van der Waals surface area contributed by atoms with E-state index in [0.29, 0.717) is 11.4 Å². The van der Waals surface area contributed by atoms with E-state index in [1.165, 1.54) is 4.68 Å². The first-order valence-corrected chi connectivity index (χ1v) is 9.46. The lowest BCUT2D eigenvalue weighted by Gasteiger charge is -2.26. The van der Waals surface area contributed by atoms with Crippen molar-refractivity contribution in [2.75, 3.05) is 0 Å². The summed E-state index contributed by atoms with van der Waals surface area (Å²) < 4.78 is 1.38. The quantitative estimate of drug-likeness (QED) is 0.490. The van der Waals surface area contributed by atoms with Gasteiger partial charge in [0.1, 0.15) is 17.9 Å². The van der Waals surface area contributed by atoms with Crippen molar-refractivity contribution in [3.63, 3.8) is 0 Å². The Morgan fingerprint density at radius 3 is 2.03 bits per heavy atom. The van der Waals surface area contributed by atoms with Gasteiger partial charge in [0, 0.05) is 12.0 Å². The molecule has 150 valence electrons. The zero-order valence-electron chi connectivity index (χ0n) is 16.7. The third kappa shape index (κ3) is 4.51. The van der Waals surface area contributed by atoms with Crippen LogP contribution < -0.4 is 5.32 Å². The van der Waals surface area contributed by atoms with Crippen molar-refractivity contribution in [3.8, 4) is 0 Å². The highest BCUT2D eigenvalue weighted by atomic mass is 16.6. The Morgan fingerprint density at radius 2 is 1.59 bits per heavy atom. The van der Waals surface area contributed by atoms with Crippen LogP contribution in [0.25, 0.3) is 0 Å². The molecule has 1 N–H and O–H groups in total. The van der Waals surface area contributed by atoms with Crippen LogP contribution in [0.3, 0.4) is 0 Å². The maximum Gasteiger partial charge on any atom is 0.312 e. The first-order chi connectivity index (χ1) is 13.9. The van der Waals surface area contributed by atoms with Gasteiger partial charge in [-0.15, -0.1) is 0 Å². The van der Waals surface area contributed by atoms with Crippen LogP contribution >= 0.6 is 0 Å². The number of nitrogens with one attached hydrogen (secondary N) is 1. The number of aryl methyl sites for hydroxylation is 1. The Morgan fingerprint density at radius 1 is 1.07 bits per heavy atom. The van der Waals surface area contributed by atoms with Gasteiger partial charge in [-0.1, -0.05) is 60.7 Å². The predicted octanol–water partition coefficient (Wildman–Crippen LogP) is 3.74. The third-order valence-corrected chi connectivity index (χ3v) is 5.03. The molecule has 0 radical (unpaired) electrons. The number of nitrogens with zero attached hydrogens (tertiary/aromatic N) is 3. The summed E-state index contributed by atoms with van der Waals surface area (Å²) in [5.41, 5.74) is 2.84. The summed E-state index contributed by atoms with van der Waals surface area (Å²) in [5, 5.41) is 18.4. The minimum absolute atomic E-state index is 0.0175. The zero-order valence-corrected chi connectivity index (χ0v) is 16.7. The topological polar surface area (TPSA) is 90.1 Å². The summed E-state index contributed by atoms with van der Waals surface area (Å²) in [5.74, 6) is -0.258. The average Bonchev–Trinajstić information content (AvgIpc) is 2.96. The first-order valence-electron chi connectivity index (χ1n) is 9.46. The van der Waals surface area contributed by atoms with Gasteiger partial charge >= 0.3 is 5.69 Å². The number of hydrogen-bond acceptors (Lipinski definition) is 4. The smallest absolute Gasteiger partial charge is 0.312 e. The second kappa shape index (κ2) is 8.68. The van der Waals surface area contributed by atoms with Crippen LogP contribution in [-0.2, 0) is 11.3 Å². The Kier molecular flexibility index (Phi) is 6.07. The van der Waals surface area contributed by atoms with E-state index in [9.17, 15) is 14.9 Å². The Labute approximate surface area is 169 Å². The van der Waals surface area contributed by atoms with Crippen molar-refractivity contribution < 1.29 is 9.72 Å². The third-order valence-electron chi connectivity index (χ3n) is 5.03. The highest BCUT2D eigenvalue weighted by Gasteiger charge is 2.25. The van der Waals surface area contributed by atoms with Crippen LogP contribution in [-0.4, -0.2) is 26.7 Å². The number of rotatable bonds is 7. The van der Waals surface area contributed by atoms with E-state index in [2.05, 4.69) is 10.4 Å². The number of nitro groups is 1. The summed E-state index contributed by atoms with van der Waals surface area (Å²) in [6.45, 7) is 5.07. The van der Waals surface area contributed by atoms with Crippen LogP contribution in [0.4, 0.5) is 5.69 Å². The maximum atomic E-state index is 12.7. The van der Waals surface area contributed by atoms with Crippen LogP contribution in [0, 0.1) is 24.0 Å². The lowest BCUT2D eigenvalue weighted by molar-refractivity contribution is -0.386. The van der Waals surface area contributed by atoms with Crippen molar-refractivity contribution in [3.05, 3.63) is 93.3 Å². The molecule has 1 aromatic heterocycles. The largest absolute Gasteiger partial charge is 0.351 e. The summed E-state index contributed by atoms with van der Waals surface area (Å²) in [7, 11) is 0. The molecule has 0 spiro atoms.